The molecule has 1 aromatic heterocycles. The van der Waals surface area contributed by atoms with Crippen LogP contribution in [-0.2, 0) is 20.7 Å². The van der Waals surface area contributed by atoms with E-state index in [9.17, 15) is 9.59 Å². The maximum absolute atomic E-state index is 11.3. The van der Waals surface area contributed by atoms with E-state index in [1.165, 1.54) is 12.3 Å². The topological polar surface area (TPSA) is 65.5 Å². The SMILES string of the molecule is CCOC(=O)Cc1ccc(C(=O)OCC)nc1. The molecule has 92 valence electrons. The van der Waals surface area contributed by atoms with Gasteiger partial charge in [0.1, 0.15) is 5.69 Å². The lowest BCUT2D eigenvalue weighted by molar-refractivity contribution is -0.142. The lowest BCUT2D eigenvalue weighted by Gasteiger charge is -2.03. The summed E-state index contributed by atoms with van der Waals surface area (Å²) in [5.74, 6) is -0.770. The number of aromatic nitrogens is 1. The lowest BCUT2D eigenvalue weighted by atomic mass is 10.2. The van der Waals surface area contributed by atoms with Gasteiger partial charge in [0, 0.05) is 6.20 Å². The van der Waals surface area contributed by atoms with E-state index >= 15 is 0 Å². The Kier molecular flexibility index (Phi) is 5.13. The molecule has 0 spiro atoms. The molecule has 0 radical (unpaired) electrons. The smallest absolute Gasteiger partial charge is 0.356 e. The fraction of sp³-hybridized carbons (Fsp3) is 0.417. The van der Waals surface area contributed by atoms with Gasteiger partial charge in [0.05, 0.1) is 19.6 Å². The van der Waals surface area contributed by atoms with Crippen LogP contribution in [0.1, 0.15) is 29.9 Å². The van der Waals surface area contributed by atoms with Gasteiger partial charge in [-0.25, -0.2) is 9.78 Å². The maximum atomic E-state index is 11.3. The minimum absolute atomic E-state index is 0.157. The molecule has 0 saturated heterocycles. The van der Waals surface area contributed by atoms with E-state index in [1.807, 2.05) is 0 Å². The summed E-state index contributed by atoms with van der Waals surface area (Å²) < 4.78 is 9.60. The largest absolute Gasteiger partial charge is 0.466 e. The Bertz CT molecular complexity index is 386. The summed E-state index contributed by atoms with van der Waals surface area (Å²) in [4.78, 5) is 26.4. The summed E-state index contributed by atoms with van der Waals surface area (Å²) >= 11 is 0. The van der Waals surface area contributed by atoms with Crippen molar-refractivity contribution in [3.05, 3.63) is 29.6 Å². The predicted octanol–water partition coefficient (Wildman–Crippen LogP) is 1.36. The number of esters is 2. The summed E-state index contributed by atoms with van der Waals surface area (Å²) in [6.07, 6.45) is 1.63. The summed E-state index contributed by atoms with van der Waals surface area (Å²) in [6, 6.07) is 3.20. The summed E-state index contributed by atoms with van der Waals surface area (Å²) in [5, 5.41) is 0. The number of carbonyl (C=O) groups is 2. The van der Waals surface area contributed by atoms with E-state index in [0.29, 0.717) is 18.8 Å². The monoisotopic (exact) mass is 237 g/mol. The molecule has 5 nitrogen and oxygen atoms in total. The zero-order chi connectivity index (χ0) is 12.7. The minimum Gasteiger partial charge on any atom is -0.466 e. The van der Waals surface area contributed by atoms with Crippen molar-refractivity contribution >= 4 is 11.9 Å². The first kappa shape index (κ1) is 13.2. The highest BCUT2D eigenvalue weighted by atomic mass is 16.5. The molecule has 0 saturated carbocycles. The standard InChI is InChI=1S/C12H15NO4/c1-3-16-11(14)7-9-5-6-10(13-8-9)12(15)17-4-2/h5-6,8H,3-4,7H2,1-2H3. The number of rotatable bonds is 5. The van der Waals surface area contributed by atoms with Gasteiger partial charge in [0.25, 0.3) is 0 Å². The van der Waals surface area contributed by atoms with Crippen LogP contribution in [0.2, 0.25) is 0 Å². The molecule has 0 aliphatic carbocycles. The van der Waals surface area contributed by atoms with Crippen molar-refractivity contribution in [1.82, 2.24) is 4.98 Å². The van der Waals surface area contributed by atoms with Crippen LogP contribution in [0.15, 0.2) is 18.3 Å². The second-order valence-corrected chi connectivity index (χ2v) is 3.25. The van der Waals surface area contributed by atoms with Crippen molar-refractivity contribution < 1.29 is 19.1 Å². The van der Waals surface area contributed by atoms with Gasteiger partial charge in [-0.05, 0) is 25.5 Å². The van der Waals surface area contributed by atoms with Crippen LogP contribution in [-0.4, -0.2) is 30.1 Å². The van der Waals surface area contributed by atoms with Gasteiger partial charge in [0.15, 0.2) is 0 Å². The Morgan fingerprint density at radius 1 is 1.18 bits per heavy atom. The van der Waals surface area contributed by atoms with Gasteiger partial charge in [-0.2, -0.15) is 0 Å². The second kappa shape index (κ2) is 6.62. The van der Waals surface area contributed by atoms with E-state index in [2.05, 4.69) is 4.98 Å². The number of carbonyl (C=O) groups excluding carboxylic acids is 2. The van der Waals surface area contributed by atoms with Crippen LogP contribution in [0.25, 0.3) is 0 Å². The second-order valence-electron chi connectivity index (χ2n) is 3.25. The van der Waals surface area contributed by atoms with Gasteiger partial charge in [0.2, 0.25) is 0 Å². The molecule has 0 N–H and O–H groups in total. The number of hydrogen-bond acceptors (Lipinski definition) is 5. The van der Waals surface area contributed by atoms with Crippen LogP contribution in [0.4, 0.5) is 0 Å². The Morgan fingerprint density at radius 3 is 2.41 bits per heavy atom. The van der Waals surface area contributed by atoms with Crippen molar-refractivity contribution in [3.8, 4) is 0 Å². The van der Waals surface area contributed by atoms with E-state index in [0.717, 1.165) is 0 Å². The Morgan fingerprint density at radius 2 is 1.88 bits per heavy atom. The fourth-order valence-electron chi connectivity index (χ4n) is 1.23. The zero-order valence-corrected chi connectivity index (χ0v) is 9.93. The minimum atomic E-state index is -0.463. The molecule has 1 rings (SSSR count). The molecule has 1 heterocycles. The first-order valence-electron chi connectivity index (χ1n) is 5.45. The average Bonchev–Trinajstić information content (AvgIpc) is 2.30. The van der Waals surface area contributed by atoms with Crippen molar-refractivity contribution in [2.75, 3.05) is 13.2 Å². The van der Waals surface area contributed by atoms with Gasteiger partial charge in [-0.3, -0.25) is 4.79 Å². The molecule has 5 heteroatoms. The molecule has 0 atom stereocenters. The maximum Gasteiger partial charge on any atom is 0.356 e. The molecule has 0 amide bonds. The Balaban J connectivity index is 2.61. The third-order valence-electron chi connectivity index (χ3n) is 1.96. The van der Waals surface area contributed by atoms with E-state index in [1.54, 1.807) is 19.9 Å². The van der Waals surface area contributed by atoms with E-state index in [-0.39, 0.29) is 18.1 Å². The lowest BCUT2D eigenvalue weighted by Crippen LogP contribution is -2.10. The highest BCUT2D eigenvalue weighted by Crippen LogP contribution is 2.04. The van der Waals surface area contributed by atoms with Crippen molar-refractivity contribution in [2.45, 2.75) is 20.3 Å². The Labute approximate surface area is 99.8 Å². The van der Waals surface area contributed by atoms with Crippen LogP contribution in [0, 0.1) is 0 Å². The number of nitrogens with zero attached hydrogens (tertiary/aromatic N) is 1. The highest BCUT2D eigenvalue weighted by Gasteiger charge is 2.09. The van der Waals surface area contributed by atoms with Crippen LogP contribution < -0.4 is 0 Å². The molecule has 0 fully saturated rings. The summed E-state index contributed by atoms with van der Waals surface area (Å²) in [7, 11) is 0. The molecule has 0 aliphatic rings. The zero-order valence-electron chi connectivity index (χ0n) is 9.93. The molecule has 0 unspecified atom stereocenters. The van der Waals surface area contributed by atoms with Crippen LogP contribution in [0.5, 0.6) is 0 Å². The van der Waals surface area contributed by atoms with Crippen molar-refractivity contribution in [3.63, 3.8) is 0 Å². The first-order chi connectivity index (χ1) is 8.17. The molecular weight excluding hydrogens is 222 g/mol. The van der Waals surface area contributed by atoms with E-state index < -0.39 is 5.97 Å². The predicted molar refractivity (Wildman–Crippen MR) is 60.5 cm³/mol. The number of pyridine rings is 1. The van der Waals surface area contributed by atoms with Gasteiger partial charge >= 0.3 is 11.9 Å². The number of hydrogen-bond donors (Lipinski definition) is 0. The van der Waals surface area contributed by atoms with Gasteiger partial charge in [-0.1, -0.05) is 6.07 Å². The summed E-state index contributed by atoms with van der Waals surface area (Å²) in [6.45, 7) is 4.14. The van der Waals surface area contributed by atoms with Gasteiger partial charge < -0.3 is 9.47 Å². The first-order valence-corrected chi connectivity index (χ1v) is 5.45. The number of ether oxygens (including phenoxy) is 2. The van der Waals surface area contributed by atoms with Crippen LogP contribution in [0.3, 0.4) is 0 Å². The highest BCUT2D eigenvalue weighted by molar-refractivity contribution is 5.87. The summed E-state index contributed by atoms with van der Waals surface area (Å²) in [5.41, 5.74) is 0.941. The molecule has 0 aromatic carbocycles. The average molecular weight is 237 g/mol. The quantitative estimate of drug-likeness (QED) is 0.723. The molecule has 1 aromatic rings. The van der Waals surface area contributed by atoms with E-state index in [4.69, 9.17) is 9.47 Å². The Hall–Kier alpha value is -1.91. The van der Waals surface area contributed by atoms with Crippen molar-refractivity contribution in [1.29, 1.82) is 0 Å². The molecule has 0 bridgehead atoms. The van der Waals surface area contributed by atoms with Crippen LogP contribution >= 0.6 is 0 Å². The molecule has 17 heavy (non-hydrogen) atoms. The normalized spacial score (nSPS) is 9.76. The third kappa shape index (κ3) is 4.22. The molecular formula is C12H15NO4. The van der Waals surface area contributed by atoms with Crippen molar-refractivity contribution in [2.24, 2.45) is 0 Å². The molecule has 0 aliphatic heterocycles. The fourth-order valence-corrected chi connectivity index (χ4v) is 1.23. The van der Waals surface area contributed by atoms with Gasteiger partial charge in [-0.15, -0.1) is 0 Å². The third-order valence-corrected chi connectivity index (χ3v) is 1.96.